The van der Waals surface area contributed by atoms with Crippen LogP contribution in [0.15, 0.2) is 0 Å². The van der Waals surface area contributed by atoms with Gasteiger partial charge in [0.05, 0.1) is 0 Å². The zero-order valence-corrected chi connectivity index (χ0v) is 8.87. The van der Waals surface area contributed by atoms with Gasteiger partial charge in [0.2, 0.25) is 0 Å². The van der Waals surface area contributed by atoms with Crippen LogP contribution in [-0.4, -0.2) is 9.04 Å². The molecule has 1 aliphatic rings. The lowest BCUT2D eigenvalue weighted by Crippen LogP contribution is -2.32. The first kappa shape index (κ1) is 8.71. The molecular weight excluding hydrogens is 257 g/mol. The second-order valence-electron chi connectivity index (χ2n) is 2.75. The zero-order chi connectivity index (χ0) is 7.40. The molecule has 0 saturated heterocycles. The van der Waals surface area contributed by atoms with Crippen molar-refractivity contribution in [3.05, 3.63) is 0 Å². The van der Waals surface area contributed by atoms with Crippen molar-refractivity contribution in [1.29, 1.82) is 0 Å². The minimum Gasteiger partial charge on any atom is -0.369 e. The maximum Gasteiger partial charge on any atom is 0.138 e. The van der Waals surface area contributed by atoms with Gasteiger partial charge < -0.3 is 5.32 Å². The Morgan fingerprint density at radius 3 is 2.40 bits per heavy atom. The van der Waals surface area contributed by atoms with Crippen LogP contribution in [0, 0.1) is 0 Å². The van der Waals surface area contributed by atoms with Crippen molar-refractivity contribution in [3.8, 4) is 0 Å². The molecule has 0 aliphatic heterocycles. The highest BCUT2D eigenvalue weighted by molar-refractivity contribution is 14.1. The van der Waals surface area contributed by atoms with Crippen LogP contribution in [0.5, 0.6) is 0 Å². The number of thiocarbonyl (C=S) groups is 1. The van der Waals surface area contributed by atoms with E-state index in [-0.39, 0.29) is 0 Å². The molecule has 0 unspecified atom stereocenters. The van der Waals surface area contributed by atoms with Crippen molar-refractivity contribution >= 4 is 37.8 Å². The van der Waals surface area contributed by atoms with E-state index < -0.39 is 0 Å². The maximum atomic E-state index is 4.95. The lowest BCUT2D eigenvalue weighted by atomic mass is 9.96. The highest BCUT2D eigenvalue weighted by Gasteiger charge is 2.12. The third-order valence-electron chi connectivity index (χ3n) is 1.92. The standard InChI is InChI=1S/C7H12INS/c8-7(10)9-6-4-2-1-3-5-6/h6H,1-5H2,(H,9,10). The topological polar surface area (TPSA) is 12.0 Å². The molecule has 0 aromatic carbocycles. The van der Waals surface area contributed by atoms with Crippen molar-refractivity contribution in [2.24, 2.45) is 0 Å². The summed E-state index contributed by atoms with van der Waals surface area (Å²) in [4.78, 5) is 0. The third kappa shape index (κ3) is 3.14. The van der Waals surface area contributed by atoms with E-state index in [1.54, 1.807) is 0 Å². The Labute approximate surface area is 81.1 Å². The molecule has 0 spiro atoms. The van der Waals surface area contributed by atoms with E-state index in [9.17, 15) is 0 Å². The van der Waals surface area contributed by atoms with Crippen molar-refractivity contribution in [2.75, 3.05) is 0 Å². The van der Waals surface area contributed by atoms with E-state index in [0.29, 0.717) is 6.04 Å². The Balaban J connectivity index is 2.19. The second-order valence-corrected chi connectivity index (χ2v) is 4.97. The van der Waals surface area contributed by atoms with Crippen LogP contribution in [0.4, 0.5) is 0 Å². The second kappa shape index (κ2) is 4.49. The highest BCUT2D eigenvalue weighted by Crippen LogP contribution is 2.17. The fraction of sp³-hybridized carbons (Fsp3) is 0.857. The maximum absolute atomic E-state index is 4.95. The summed E-state index contributed by atoms with van der Waals surface area (Å²) in [5, 5.41) is 3.30. The van der Waals surface area contributed by atoms with Crippen LogP contribution < -0.4 is 5.32 Å². The SMILES string of the molecule is S=C(I)NC1CCCCC1. The molecule has 1 saturated carbocycles. The molecule has 0 bridgehead atoms. The number of rotatable bonds is 1. The molecule has 0 aromatic rings. The summed E-state index contributed by atoms with van der Waals surface area (Å²) in [6.45, 7) is 0. The summed E-state index contributed by atoms with van der Waals surface area (Å²) in [6.07, 6.45) is 6.77. The van der Waals surface area contributed by atoms with E-state index >= 15 is 0 Å². The van der Waals surface area contributed by atoms with E-state index in [2.05, 4.69) is 27.9 Å². The summed E-state index contributed by atoms with van der Waals surface area (Å²) < 4.78 is 0.921. The van der Waals surface area contributed by atoms with Gasteiger partial charge in [0.15, 0.2) is 0 Å². The fourth-order valence-corrected chi connectivity index (χ4v) is 2.01. The fourth-order valence-electron chi connectivity index (χ4n) is 1.41. The third-order valence-corrected chi connectivity index (χ3v) is 2.35. The Morgan fingerprint density at radius 2 is 1.90 bits per heavy atom. The van der Waals surface area contributed by atoms with Gasteiger partial charge in [-0.3, -0.25) is 0 Å². The van der Waals surface area contributed by atoms with Gasteiger partial charge in [-0.15, -0.1) is 0 Å². The van der Waals surface area contributed by atoms with Gasteiger partial charge >= 0.3 is 0 Å². The molecule has 1 nitrogen and oxygen atoms in total. The van der Waals surface area contributed by atoms with Crippen LogP contribution >= 0.6 is 34.8 Å². The van der Waals surface area contributed by atoms with Crippen molar-refractivity contribution in [2.45, 2.75) is 38.1 Å². The van der Waals surface area contributed by atoms with Crippen molar-refractivity contribution in [1.82, 2.24) is 5.32 Å². The van der Waals surface area contributed by atoms with E-state index in [0.717, 1.165) is 3.00 Å². The van der Waals surface area contributed by atoms with Crippen LogP contribution in [0.1, 0.15) is 32.1 Å². The first-order chi connectivity index (χ1) is 4.79. The lowest BCUT2D eigenvalue weighted by molar-refractivity contribution is 0.416. The molecule has 0 aromatic heterocycles. The van der Waals surface area contributed by atoms with Gasteiger partial charge in [-0.25, -0.2) is 0 Å². The van der Waals surface area contributed by atoms with Crippen molar-refractivity contribution < 1.29 is 0 Å². The van der Waals surface area contributed by atoms with Gasteiger partial charge in [-0.2, -0.15) is 0 Å². The minimum atomic E-state index is 0.679. The Hall–Kier alpha value is 0.620. The Bertz CT molecular complexity index is 121. The molecule has 0 radical (unpaired) electrons. The Morgan fingerprint density at radius 1 is 1.30 bits per heavy atom. The van der Waals surface area contributed by atoms with Crippen molar-refractivity contribution in [3.63, 3.8) is 0 Å². The molecule has 58 valence electrons. The van der Waals surface area contributed by atoms with Crippen LogP contribution in [0.25, 0.3) is 0 Å². The molecule has 1 rings (SSSR count). The zero-order valence-electron chi connectivity index (χ0n) is 5.90. The molecule has 1 fully saturated rings. The largest absolute Gasteiger partial charge is 0.369 e. The molecule has 10 heavy (non-hydrogen) atoms. The quantitative estimate of drug-likeness (QED) is 0.340. The molecule has 0 amide bonds. The summed E-state index contributed by atoms with van der Waals surface area (Å²) >= 11 is 7.12. The molecule has 1 aliphatic carbocycles. The predicted molar refractivity (Wildman–Crippen MR) is 56.6 cm³/mol. The smallest absolute Gasteiger partial charge is 0.138 e. The number of nitrogens with one attached hydrogen (secondary N) is 1. The summed E-state index contributed by atoms with van der Waals surface area (Å²) in [7, 11) is 0. The van der Waals surface area contributed by atoms with Crippen LogP contribution in [-0.2, 0) is 0 Å². The average Bonchev–Trinajstić information content (AvgIpc) is 1.88. The highest BCUT2D eigenvalue weighted by atomic mass is 127. The molecule has 3 heteroatoms. The normalized spacial score (nSPS) is 20.5. The van der Waals surface area contributed by atoms with Crippen LogP contribution in [0.2, 0.25) is 0 Å². The summed E-state index contributed by atoms with van der Waals surface area (Å²) in [6, 6.07) is 0.679. The lowest BCUT2D eigenvalue weighted by Gasteiger charge is -2.22. The number of hydrogen-bond acceptors (Lipinski definition) is 1. The first-order valence-corrected chi connectivity index (χ1v) is 5.24. The van der Waals surface area contributed by atoms with Gasteiger partial charge in [0, 0.05) is 6.04 Å². The summed E-state index contributed by atoms with van der Waals surface area (Å²) in [5.74, 6) is 0. The Kier molecular flexibility index (Phi) is 3.91. The number of hydrogen-bond donors (Lipinski definition) is 1. The molecule has 1 N–H and O–H groups in total. The predicted octanol–water partition coefficient (Wildman–Crippen LogP) is 2.63. The van der Waals surface area contributed by atoms with Gasteiger partial charge in [0.1, 0.15) is 3.00 Å². The molecule has 0 atom stereocenters. The minimum absolute atomic E-state index is 0.679. The monoisotopic (exact) mass is 269 g/mol. The molecule has 0 heterocycles. The first-order valence-electron chi connectivity index (χ1n) is 3.75. The molecular formula is C7H12INS. The van der Waals surface area contributed by atoms with Gasteiger partial charge in [-0.1, -0.05) is 31.5 Å². The van der Waals surface area contributed by atoms with Crippen LogP contribution in [0.3, 0.4) is 0 Å². The average molecular weight is 269 g/mol. The van der Waals surface area contributed by atoms with E-state index in [1.165, 1.54) is 32.1 Å². The van der Waals surface area contributed by atoms with E-state index in [4.69, 9.17) is 12.2 Å². The van der Waals surface area contributed by atoms with Gasteiger partial charge in [-0.05, 0) is 35.4 Å². The number of halogens is 1. The summed E-state index contributed by atoms with van der Waals surface area (Å²) in [5.41, 5.74) is 0. The van der Waals surface area contributed by atoms with E-state index in [1.807, 2.05) is 0 Å². The van der Waals surface area contributed by atoms with Gasteiger partial charge in [0.25, 0.3) is 0 Å².